The minimum atomic E-state index is 0.638. The smallest absolute Gasteiger partial charge is 0.137 e. The Bertz CT molecular complexity index is 575. The van der Waals surface area contributed by atoms with Crippen LogP contribution in [0.1, 0.15) is 11.3 Å². The van der Waals surface area contributed by atoms with E-state index in [4.69, 9.17) is 10.5 Å². The van der Waals surface area contributed by atoms with Gasteiger partial charge in [0.2, 0.25) is 0 Å². The highest BCUT2D eigenvalue weighted by molar-refractivity contribution is 5.56. The second-order valence-corrected chi connectivity index (χ2v) is 5.38. The van der Waals surface area contributed by atoms with E-state index in [0.29, 0.717) is 6.54 Å². The van der Waals surface area contributed by atoms with Crippen LogP contribution in [0, 0.1) is 0 Å². The summed E-state index contributed by atoms with van der Waals surface area (Å²) >= 11 is 0. The van der Waals surface area contributed by atoms with Crippen LogP contribution < -0.4 is 5.73 Å². The molecule has 0 atom stereocenters. The Kier molecular flexibility index (Phi) is 4.65. The van der Waals surface area contributed by atoms with Crippen molar-refractivity contribution in [3.05, 3.63) is 41.7 Å². The van der Waals surface area contributed by atoms with Gasteiger partial charge in [0.25, 0.3) is 0 Å². The van der Waals surface area contributed by atoms with Gasteiger partial charge in [-0.1, -0.05) is 18.2 Å². The van der Waals surface area contributed by atoms with E-state index < -0.39 is 0 Å². The Morgan fingerprint density at radius 3 is 2.95 bits per heavy atom. The zero-order valence-corrected chi connectivity index (χ0v) is 12.2. The van der Waals surface area contributed by atoms with Crippen LogP contribution in [-0.4, -0.2) is 47.7 Å². The van der Waals surface area contributed by atoms with Crippen LogP contribution in [0.15, 0.2) is 30.5 Å². The monoisotopic (exact) mass is 286 g/mol. The molecule has 5 heteroatoms. The summed E-state index contributed by atoms with van der Waals surface area (Å²) in [5.74, 6) is 0.919. The normalized spacial score (nSPS) is 16.2. The Hall–Kier alpha value is -1.69. The number of nitrogens with one attached hydrogen (secondary N) is 1. The number of morpholine rings is 1. The van der Waals surface area contributed by atoms with Crippen LogP contribution in [0.3, 0.4) is 0 Å². The molecule has 1 saturated heterocycles. The fraction of sp³-hybridized carbons (Fsp3) is 0.438. The van der Waals surface area contributed by atoms with Gasteiger partial charge in [-0.05, 0) is 18.2 Å². The van der Waals surface area contributed by atoms with Crippen LogP contribution in [-0.2, 0) is 17.7 Å². The van der Waals surface area contributed by atoms with E-state index >= 15 is 0 Å². The van der Waals surface area contributed by atoms with Gasteiger partial charge in [0, 0.05) is 43.5 Å². The predicted octanol–water partition coefficient (Wildman–Crippen LogP) is 1.41. The molecule has 3 N–H and O–H groups in total. The molecule has 0 spiro atoms. The molecule has 1 fully saturated rings. The molecule has 112 valence electrons. The highest BCUT2D eigenvalue weighted by Crippen LogP contribution is 2.18. The van der Waals surface area contributed by atoms with E-state index in [2.05, 4.69) is 39.1 Å². The molecule has 1 aliphatic rings. The molecule has 0 amide bonds. The number of aromatic nitrogens is 2. The third-order valence-corrected chi connectivity index (χ3v) is 3.75. The zero-order valence-electron chi connectivity index (χ0n) is 12.2. The number of nitrogens with zero attached hydrogens (tertiary/aromatic N) is 2. The average molecular weight is 286 g/mol. The molecule has 2 aromatic rings. The highest BCUT2D eigenvalue weighted by Gasteiger charge is 2.11. The number of benzene rings is 1. The Labute approximate surface area is 125 Å². The van der Waals surface area contributed by atoms with E-state index in [9.17, 15) is 0 Å². The van der Waals surface area contributed by atoms with Gasteiger partial charge in [0.1, 0.15) is 5.82 Å². The van der Waals surface area contributed by atoms with E-state index in [1.165, 1.54) is 5.56 Å². The summed E-state index contributed by atoms with van der Waals surface area (Å²) in [6.45, 7) is 5.28. The summed E-state index contributed by atoms with van der Waals surface area (Å²) in [5.41, 5.74) is 9.10. The third-order valence-electron chi connectivity index (χ3n) is 3.75. The van der Waals surface area contributed by atoms with Gasteiger partial charge in [-0.3, -0.25) is 4.90 Å². The Balaban J connectivity index is 1.72. The Morgan fingerprint density at radius 2 is 2.14 bits per heavy atom. The molecular formula is C16H22N4O. The van der Waals surface area contributed by atoms with Crippen molar-refractivity contribution in [1.29, 1.82) is 0 Å². The van der Waals surface area contributed by atoms with Gasteiger partial charge in [-0.15, -0.1) is 0 Å². The minimum Gasteiger partial charge on any atom is -0.379 e. The number of ether oxygens (including phenoxy) is 1. The van der Waals surface area contributed by atoms with Crippen LogP contribution in [0.25, 0.3) is 11.4 Å². The summed E-state index contributed by atoms with van der Waals surface area (Å²) in [6.07, 6.45) is 2.71. The van der Waals surface area contributed by atoms with Gasteiger partial charge in [0.15, 0.2) is 0 Å². The van der Waals surface area contributed by atoms with Crippen molar-refractivity contribution < 1.29 is 4.74 Å². The van der Waals surface area contributed by atoms with E-state index in [1.807, 2.05) is 6.20 Å². The van der Waals surface area contributed by atoms with Crippen LogP contribution in [0.5, 0.6) is 0 Å². The molecule has 0 bridgehead atoms. The lowest BCUT2D eigenvalue weighted by Gasteiger charge is -2.26. The van der Waals surface area contributed by atoms with Crippen LogP contribution in [0.4, 0.5) is 0 Å². The number of hydrogen-bond donors (Lipinski definition) is 2. The highest BCUT2D eigenvalue weighted by atomic mass is 16.5. The standard InChI is InChI=1S/C16H22N4O/c17-5-4-15-11-18-16(19-15)14-3-1-2-13(10-14)12-20-6-8-21-9-7-20/h1-3,10-11H,4-9,12,17H2,(H,18,19). The SMILES string of the molecule is NCCc1cnc(-c2cccc(CN3CCOCC3)c2)[nH]1. The van der Waals surface area contributed by atoms with Crippen molar-refractivity contribution in [2.75, 3.05) is 32.8 Å². The molecule has 5 nitrogen and oxygen atoms in total. The fourth-order valence-electron chi connectivity index (χ4n) is 2.62. The summed E-state index contributed by atoms with van der Waals surface area (Å²) < 4.78 is 5.39. The lowest BCUT2D eigenvalue weighted by atomic mass is 10.1. The average Bonchev–Trinajstić information content (AvgIpc) is 2.98. The largest absolute Gasteiger partial charge is 0.379 e. The number of rotatable bonds is 5. The first-order valence-corrected chi connectivity index (χ1v) is 7.48. The van der Waals surface area contributed by atoms with E-state index in [-0.39, 0.29) is 0 Å². The number of H-pyrrole nitrogens is 1. The zero-order chi connectivity index (χ0) is 14.5. The molecule has 0 radical (unpaired) electrons. The lowest BCUT2D eigenvalue weighted by molar-refractivity contribution is 0.0342. The molecule has 1 aromatic heterocycles. The number of nitrogens with two attached hydrogens (primary N) is 1. The fourth-order valence-corrected chi connectivity index (χ4v) is 2.62. The first kappa shape index (κ1) is 14.3. The first-order valence-electron chi connectivity index (χ1n) is 7.48. The summed E-state index contributed by atoms with van der Waals surface area (Å²) in [5, 5.41) is 0. The molecule has 2 heterocycles. The quantitative estimate of drug-likeness (QED) is 0.872. The van der Waals surface area contributed by atoms with Crippen molar-refractivity contribution >= 4 is 0 Å². The van der Waals surface area contributed by atoms with Gasteiger partial charge >= 0.3 is 0 Å². The lowest BCUT2D eigenvalue weighted by Crippen LogP contribution is -2.35. The summed E-state index contributed by atoms with van der Waals surface area (Å²) in [6, 6.07) is 8.56. The minimum absolute atomic E-state index is 0.638. The van der Waals surface area contributed by atoms with Crippen LogP contribution in [0.2, 0.25) is 0 Å². The molecule has 1 aliphatic heterocycles. The molecule has 0 saturated carbocycles. The summed E-state index contributed by atoms with van der Waals surface area (Å²) in [4.78, 5) is 10.2. The summed E-state index contributed by atoms with van der Waals surface area (Å²) in [7, 11) is 0. The maximum atomic E-state index is 5.57. The van der Waals surface area contributed by atoms with E-state index in [1.54, 1.807) is 0 Å². The molecule has 1 aromatic carbocycles. The molecule has 3 rings (SSSR count). The second kappa shape index (κ2) is 6.85. The third kappa shape index (κ3) is 3.69. The topological polar surface area (TPSA) is 67.2 Å². The molecule has 0 aliphatic carbocycles. The first-order chi connectivity index (χ1) is 10.3. The van der Waals surface area contributed by atoms with Gasteiger partial charge in [-0.25, -0.2) is 4.98 Å². The van der Waals surface area contributed by atoms with Crippen molar-refractivity contribution in [3.8, 4) is 11.4 Å². The predicted molar refractivity (Wildman–Crippen MR) is 82.9 cm³/mol. The second-order valence-electron chi connectivity index (χ2n) is 5.38. The van der Waals surface area contributed by atoms with E-state index in [0.717, 1.165) is 56.4 Å². The number of hydrogen-bond acceptors (Lipinski definition) is 4. The molecular weight excluding hydrogens is 264 g/mol. The maximum Gasteiger partial charge on any atom is 0.137 e. The van der Waals surface area contributed by atoms with Gasteiger partial charge in [-0.2, -0.15) is 0 Å². The van der Waals surface area contributed by atoms with Crippen LogP contribution >= 0.6 is 0 Å². The van der Waals surface area contributed by atoms with Crippen molar-refractivity contribution in [2.24, 2.45) is 5.73 Å². The number of aromatic amines is 1. The van der Waals surface area contributed by atoms with Crippen molar-refractivity contribution in [3.63, 3.8) is 0 Å². The maximum absolute atomic E-state index is 5.57. The van der Waals surface area contributed by atoms with Crippen molar-refractivity contribution in [1.82, 2.24) is 14.9 Å². The number of imidazole rings is 1. The van der Waals surface area contributed by atoms with Gasteiger partial charge in [0.05, 0.1) is 13.2 Å². The Morgan fingerprint density at radius 1 is 1.29 bits per heavy atom. The molecule has 21 heavy (non-hydrogen) atoms. The van der Waals surface area contributed by atoms with Crippen molar-refractivity contribution in [2.45, 2.75) is 13.0 Å². The molecule has 0 unspecified atom stereocenters. The van der Waals surface area contributed by atoms with Gasteiger partial charge < -0.3 is 15.5 Å².